The first-order valence-corrected chi connectivity index (χ1v) is 4.74. The molecule has 74 valence electrons. The Labute approximate surface area is 77.5 Å². The van der Waals surface area contributed by atoms with E-state index in [1.807, 2.05) is 0 Å². The van der Waals surface area contributed by atoms with Crippen LogP contribution in [-0.2, 0) is 0 Å². The molecule has 0 fully saturated rings. The molecule has 0 radical (unpaired) electrons. The molecule has 0 N–H and O–H groups in total. The predicted octanol–water partition coefficient (Wildman–Crippen LogP) is 1.52. The Morgan fingerprint density at radius 3 is 1.75 bits per heavy atom. The third-order valence-electron chi connectivity index (χ3n) is 2.05. The minimum atomic E-state index is 0.694. The van der Waals surface area contributed by atoms with Gasteiger partial charge in [0, 0.05) is 12.6 Å². The highest BCUT2D eigenvalue weighted by Crippen LogP contribution is 2.09. The Kier molecular flexibility index (Phi) is 5.51. The fraction of sp³-hybridized carbons (Fsp3) is 1.00. The second kappa shape index (κ2) is 5.55. The van der Waals surface area contributed by atoms with Crippen LogP contribution in [0.15, 0.2) is 0 Å². The van der Waals surface area contributed by atoms with Gasteiger partial charge in [-0.3, -0.25) is 0 Å². The van der Waals surface area contributed by atoms with Gasteiger partial charge in [0.1, 0.15) is 0 Å². The first kappa shape index (κ1) is 11.9. The zero-order valence-corrected chi connectivity index (χ0v) is 9.46. The van der Waals surface area contributed by atoms with Crippen LogP contribution in [0.4, 0.5) is 0 Å². The smallest absolute Gasteiger partial charge is 0.0219 e. The van der Waals surface area contributed by atoms with Gasteiger partial charge in [-0.15, -0.1) is 0 Å². The Hall–Kier alpha value is -0.0800. The van der Waals surface area contributed by atoms with E-state index in [0.717, 1.165) is 12.5 Å². The van der Waals surface area contributed by atoms with E-state index < -0.39 is 0 Å². The van der Waals surface area contributed by atoms with Gasteiger partial charge >= 0.3 is 0 Å². The fourth-order valence-corrected chi connectivity index (χ4v) is 1.41. The normalized spacial score (nSPS) is 14.8. The van der Waals surface area contributed by atoms with Gasteiger partial charge in [-0.05, 0) is 40.5 Å². The highest BCUT2D eigenvalue weighted by atomic mass is 15.2. The highest BCUT2D eigenvalue weighted by molar-refractivity contribution is 4.70. The Morgan fingerprint density at radius 1 is 1.00 bits per heavy atom. The summed E-state index contributed by atoms with van der Waals surface area (Å²) in [6.07, 6.45) is 1.28. The molecule has 0 saturated carbocycles. The summed E-state index contributed by atoms with van der Waals surface area (Å²) in [7, 11) is 8.60. The summed E-state index contributed by atoms with van der Waals surface area (Å²) >= 11 is 0. The molecule has 0 aliphatic heterocycles. The third-order valence-corrected chi connectivity index (χ3v) is 2.05. The van der Waals surface area contributed by atoms with Crippen LogP contribution < -0.4 is 0 Å². The maximum absolute atomic E-state index is 2.32. The van der Waals surface area contributed by atoms with Crippen LogP contribution in [0.5, 0.6) is 0 Å². The van der Waals surface area contributed by atoms with Crippen LogP contribution in [0.2, 0.25) is 0 Å². The van der Waals surface area contributed by atoms with Crippen molar-refractivity contribution in [2.24, 2.45) is 5.92 Å². The minimum absolute atomic E-state index is 0.694. The molecule has 0 heterocycles. The maximum atomic E-state index is 2.32. The topological polar surface area (TPSA) is 6.48 Å². The molecule has 12 heavy (non-hydrogen) atoms. The van der Waals surface area contributed by atoms with Crippen molar-refractivity contribution >= 4 is 0 Å². The van der Waals surface area contributed by atoms with Gasteiger partial charge in [0.05, 0.1) is 0 Å². The SMILES string of the molecule is CC(C)CC(CN(C)C)N(C)C. The molecule has 0 saturated heterocycles. The van der Waals surface area contributed by atoms with Crippen LogP contribution in [0, 0.1) is 5.92 Å². The molecule has 0 aliphatic rings. The number of hydrogen-bond acceptors (Lipinski definition) is 2. The molecule has 2 nitrogen and oxygen atoms in total. The van der Waals surface area contributed by atoms with Crippen LogP contribution in [-0.4, -0.2) is 50.6 Å². The average Bonchev–Trinajstić information content (AvgIpc) is 1.83. The summed E-state index contributed by atoms with van der Waals surface area (Å²) in [5, 5.41) is 0. The minimum Gasteiger partial charge on any atom is -0.308 e. The quantitative estimate of drug-likeness (QED) is 0.620. The van der Waals surface area contributed by atoms with E-state index in [1.54, 1.807) is 0 Å². The summed E-state index contributed by atoms with van der Waals surface area (Å²) in [4.78, 5) is 4.58. The van der Waals surface area contributed by atoms with Crippen LogP contribution >= 0.6 is 0 Å². The number of hydrogen-bond donors (Lipinski definition) is 0. The van der Waals surface area contributed by atoms with Crippen molar-refractivity contribution in [1.29, 1.82) is 0 Å². The molecule has 0 rings (SSSR count). The van der Waals surface area contributed by atoms with Gasteiger partial charge in [0.15, 0.2) is 0 Å². The second-order valence-electron chi connectivity index (χ2n) is 4.51. The first-order valence-electron chi connectivity index (χ1n) is 4.74. The second-order valence-corrected chi connectivity index (χ2v) is 4.51. The molecule has 1 unspecified atom stereocenters. The van der Waals surface area contributed by atoms with Crippen molar-refractivity contribution < 1.29 is 0 Å². The average molecular weight is 172 g/mol. The highest BCUT2D eigenvalue weighted by Gasteiger charge is 2.13. The monoisotopic (exact) mass is 172 g/mol. The Morgan fingerprint density at radius 2 is 1.50 bits per heavy atom. The van der Waals surface area contributed by atoms with Crippen LogP contribution in [0.25, 0.3) is 0 Å². The van der Waals surface area contributed by atoms with E-state index in [4.69, 9.17) is 0 Å². The van der Waals surface area contributed by atoms with Gasteiger partial charge in [0.25, 0.3) is 0 Å². The van der Waals surface area contributed by atoms with Gasteiger partial charge in [-0.25, -0.2) is 0 Å². The van der Waals surface area contributed by atoms with Gasteiger partial charge in [0.2, 0.25) is 0 Å². The van der Waals surface area contributed by atoms with Crippen molar-refractivity contribution in [3.05, 3.63) is 0 Å². The largest absolute Gasteiger partial charge is 0.308 e. The molecule has 0 aliphatic carbocycles. The van der Waals surface area contributed by atoms with Gasteiger partial charge < -0.3 is 9.80 Å². The summed E-state index contributed by atoms with van der Waals surface area (Å²) in [5.74, 6) is 0.789. The van der Waals surface area contributed by atoms with Crippen molar-refractivity contribution in [1.82, 2.24) is 9.80 Å². The first-order chi connectivity index (χ1) is 5.43. The van der Waals surface area contributed by atoms with Crippen LogP contribution in [0.3, 0.4) is 0 Å². The lowest BCUT2D eigenvalue weighted by Crippen LogP contribution is -2.38. The lowest BCUT2D eigenvalue weighted by atomic mass is 10.0. The van der Waals surface area contributed by atoms with Crippen molar-refractivity contribution in [2.45, 2.75) is 26.3 Å². The molecule has 0 aromatic carbocycles. The molecule has 0 aromatic heterocycles. The van der Waals surface area contributed by atoms with Crippen molar-refractivity contribution in [3.63, 3.8) is 0 Å². The predicted molar refractivity (Wildman–Crippen MR) is 55.5 cm³/mol. The molecule has 0 aromatic rings. The van der Waals surface area contributed by atoms with E-state index in [9.17, 15) is 0 Å². The summed E-state index contributed by atoms with van der Waals surface area (Å²) in [6.45, 7) is 5.73. The van der Waals surface area contributed by atoms with E-state index in [0.29, 0.717) is 6.04 Å². The third kappa shape index (κ3) is 5.56. The molecule has 0 amide bonds. The maximum Gasteiger partial charge on any atom is 0.0219 e. The summed E-state index contributed by atoms with van der Waals surface area (Å²) < 4.78 is 0. The molecular weight excluding hydrogens is 148 g/mol. The molecule has 0 spiro atoms. The lowest BCUT2D eigenvalue weighted by Gasteiger charge is -2.28. The van der Waals surface area contributed by atoms with Crippen molar-refractivity contribution in [3.8, 4) is 0 Å². The van der Waals surface area contributed by atoms with Crippen molar-refractivity contribution in [2.75, 3.05) is 34.7 Å². The van der Waals surface area contributed by atoms with Gasteiger partial charge in [-0.1, -0.05) is 13.8 Å². The summed E-state index contributed by atoms with van der Waals surface area (Å²) in [6, 6.07) is 0.694. The zero-order valence-electron chi connectivity index (χ0n) is 9.46. The van der Waals surface area contributed by atoms with E-state index in [1.165, 1.54) is 6.42 Å². The molecule has 2 heteroatoms. The number of likely N-dealkylation sites (N-methyl/N-ethyl adjacent to an activating group) is 2. The number of nitrogens with zero attached hydrogens (tertiary/aromatic N) is 2. The zero-order chi connectivity index (χ0) is 9.72. The standard InChI is InChI=1S/C10H24N2/c1-9(2)7-10(12(5)6)8-11(3)4/h9-10H,7-8H2,1-6H3. The van der Waals surface area contributed by atoms with E-state index in [-0.39, 0.29) is 0 Å². The van der Waals surface area contributed by atoms with Crippen LogP contribution in [0.1, 0.15) is 20.3 Å². The summed E-state index contributed by atoms with van der Waals surface area (Å²) in [5.41, 5.74) is 0. The fourth-order valence-electron chi connectivity index (χ4n) is 1.41. The Balaban J connectivity index is 3.87. The van der Waals surface area contributed by atoms with Gasteiger partial charge in [-0.2, -0.15) is 0 Å². The number of rotatable bonds is 5. The molecule has 0 bridgehead atoms. The van der Waals surface area contributed by atoms with E-state index in [2.05, 4.69) is 51.8 Å². The molecular formula is C10H24N2. The Bertz CT molecular complexity index is 98.4. The molecule has 1 atom stereocenters. The van der Waals surface area contributed by atoms with E-state index >= 15 is 0 Å². The lowest BCUT2D eigenvalue weighted by molar-refractivity contribution is 0.202.